The van der Waals surface area contributed by atoms with Crippen LogP contribution in [0.3, 0.4) is 0 Å². The summed E-state index contributed by atoms with van der Waals surface area (Å²) in [6.07, 6.45) is 0. The van der Waals surface area contributed by atoms with Gasteiger partial charge in [0.05, 0.1) is 13.2 Å². The van der Waals surface area contributed by atoms with E-state index >= 15 is 0 Å². The van der Waals surface area contributed by atoms with Crippen molar-refractivity contribution in [1.82, 2.24) is 9.97 Å². The summed E-state index contributed by atoms with van der Waals surface area (Å²) in [5.41, 5.74) is 0. The van der Waals surface area contributed by atoms with Gasteiger partial charge in [-0.25, -0.2) is 9.97 Å². The van der Waals surface area contributed by atoms with Crippen LogP contribution in [0, 0.1) is 18.8 Å². The van der Waals surface area contributed by atoms with Crippen LogP contribution in [0.5, 0.6) is 0 Å². The van der Waals surface area contributed by atoms with Gasteiger partial charge in [-0.1, -0.05) is 11.6 Å². The summed E-state index contributed by atoms with van der Waals surface area (Å²) in [4.78, 5) is 10.8. The molecule has 0 amide bonds. The van der Waals surface area contributed by atoms with Crippen molar-refractivity contribution in [2.75, 3.05) is 31.2 Å². The molecule has 3 heterocycles. The molecule has 2 fully saturated rings. The molecule has 0 aromatic carbocycles. The number of ether oxygens (including phenoxy) is 1. The summed E-state index contributed by atoms with van der Waals surface area (Å²) < 4.78 is 5.46. The summed E-state index contributed by atoms with van der Waals surface area (Å²) >= 11 is 5.95. The highest BCUT2D eigenvalue weighted by molar-refractivity contribution is 6.29. The molecule has 0 spiro atoms. The largest absolute Gasteiger partial charge is 0.381 e. The van der Waals surface area contributed by atoms with Crippen molar-refractivity contribution in [3.63, 3.8) is 0 Å². The molecule has 0 aliphatic carbocycles. The lowest BCUT2D eigenvalue weighted by molar-refractivity contribution is 0.177. The molecule has 0 bridgehead atoms. The molecule has 0 N–H and O–H groups in total. The van der Waals surface area contributed by atoms with Gasteiger partial charge in [0.25, 0.3) is 0 Å². The van der Waals surface area contributed by atoms with Gasteiger partial charge in [-0.05, 0) is 6.92 Å². The summed E-state index contributed by atoms with van der Waals surface area (Å²) in [7, 11) is 0. The number of nitrogens with zero attached hydrogens (tertiary/aromatic N) is 3. The van der Waals surface area contributed by atoms with Gasteiger partial charge in [0, 0.05) is 31.0 Å². The normalized spacial score (nSPS) is 28.5. The fraction of sp³-hybridized carbons (Fsp3) is 0.636. The first-order valence-electron chi connectivity index (χ1n) is 5.56. The molecule has 2 saturated heterocycles. The first-order chi connectivity index (χ1) is 7.72. The first-order valence-corrected chi connectivity index (χ1v) is 5.94. The zero-order valence-electron chi connectivity index (χ0n) is 9.19. The number of anilines is 1. The monoisotopic (exact) mass is 239 g/mol. The van der Waals surface area contributed by atoms with Gasteiger partial charge >= 0.3 is 0 Å². The first kappa shape index (κ1) is 10.3. The molecule has 2 atom stereocenters. The van der Waals surface area contributed by atoms with E-state index in [1.807, 2.05) is 13.0 Å². The van der Waals surface area contributed by atoms with Crippen LogP contribution in [0.25, 0.3) is 0 Å². The molecule has 0 radical (unpaired) electrons. The van der Waals surface area contributed by atoms with E-state index in [-0.39, 0.29) is 0 Å². The highest BCUT2D eigenvalue weighted by atomic mass is 35.5. The number of aromatic nitrogens is 2. The Bertz CT molecular complexity index is 380. The van der Waals surface area contributed by atoms with Crippen LogP contribution in [0.1, 0.15) is 5.82 Å². The number of rotatable bonds is 1. The van der Waals surface area contributed by atoms with E-state index in [0.29, 0.717) is 17.0 Å². The number of hydrogen-bond acceptors (Lipinski definition) is 4. The smallest absolute Gasteiger partial charge is 0.134 e. The fourth-order valence-electron chi connectivity index (χ4n) is 2.55. The van der Waals surface area contributed by atoms with Gasteiger partial charge in [-0.2, -0.15) is 0 Å². The van der Waals surface area contributed by atoms with E-state index in [4.69, 9.17) is 16.3 Å². The summed E-state index contributed by atoms with van der Waals surface area (Å²) in [6.45, 7) is 5.70. The molecular weight excluding hydrogens is 226 g/mol. The third-order valence-corrected chi connectivity index (χ3v) is 3.55. The highest BCUT2D eigenvalue weighted by Crippen LogP contribution is 2.32. The predicted molar refractivity (Wildman–Crippen MR) is 61.8 cm³/mol. The van der Waals surface area contributed by atoms with Gasteiger partial charge in [0.2, 0.25) is 0 Å². The van der Waals surface area contributed by atoms with Crippen LogP contribution in [0.2, 0.25) is 5.15 Å². The zero-order valence-corrected chi connectivity index (χ0v) is 9.94. The number of aryl methyl sites for hydroxylation is 1. The molecule has 1 aromatic rings. The highest BCUT2D eigenvalue weighted by Gasteiger charge is 2.37. The van der Waals surface area contributed by atoms with Gasteiger partial charge in [0.15, 0.2) is 0 Å². The van der Waals surface area contributed by atoms with Gasteiger partial charge in [-0.3, -0.25) is 0 Å². The third-order valence-electron chi connectivity index (χ3n) is 3.36. The molecule has 2 aliphatic rings. The van der Waals surface area contributed by atoms with E-state index < -0.39 is 0 Å². The quantitative estimate of drug-likeness (QED) is 0.697. The van der Waals surface area contributed by atoms with Crippen molar-refractivity contribution in [3.8, 4) is 0 Å². The Morgan fingerprint density at radius 1 is 1.31 bits per heavy atom. The van der Waals surface area contributed by atoms with Crippen molar-refractivity contribution in [2.24, 2.45) is 11.8 Å². The molecule has 0 unspecified atom stereocenters. The average Bonchev–Trinajstić information content (AvgIpc) is 2.74. The lowest BCUT2D eigenvalue weighted by Crippen LogP contribution is -2.23. The number of hydrogen-bond donors (Lipinski definition) is 0. The Balaban J connectivity index is 1.83. The second-order valence-corrected chi connectivity index (χ2v) is 4.95. The molecule has 1 aromatic heterocycles. The molecule has 16 heavy (non-hydrogen) atoms. The van der Waals surface area contributed by atoms with Crippen LogP contribution in [0.15, 0.2) is 6.07 Å². The maximum absolute atomic E-state index is 5.95. The number of fused-ring (bicyclic) bond motifs is 1. The Labute approximate surface area is 99.6 Å². The van der Waals surface area contributed by atoms with Crippen molar-refractivity contribution >= 4 is 17.4 Å². The van der Waals surface area contributed by atoms with Crippen LogP contribution in [0.4, 0.5) is 5.82 Å². The molecule has 4 nitrogen and oxygen atoms in total. The molecular formula is C11H14ClN3O. The van der Waals surface area contributed by atoms with Crippen LogP contribution in [-0.4, -0.2) is 36.3 Å². The minimum absolute atomic E-state index is 0.524. The predicted octanol–water partition coefficient (Wildman–Crippen LogP) is 1.52. The van der Waals surface area contributed by atoms with Crippen molar-refractivity contribution in [3.05, 3.63) is 17.0 Å². The van der Waals surface area contributed by atoms with E-state index in [9.17, 15) is 0 Å². The summed E-state index contributed by atoms with van der Waals surface area (Å²) in [5.74, 6) is 3.01. The summed E-state index contributed by atoms with van der Waals surface area (Å²) in [5, 5.41) is 0.524. The maximum atomic E-state index is 5.95. The average molecular weight is 240 g/mol. The Kier molecular flexibility index (Phi) is 2.48. The van der Waals surface area contributed by atoms with Crippen molar-refractivity contribution in [2.45, 2.75) is 6.92 Å². The molecule has 0 saturated carbocycles. The van der Waals surface area contributed by atoms with Crippen LogP contribution in [-0.2, 0) is 4.74 Å². The van der Waals surface area contributed by atoms with Gasteiger partial charge in [0.1, 0.15) is 16.8 Å². The van der Waals surface area contributed by atoms with E-state index in [0.717, 1.165) is 37.9 Å². The minimum Gasteiger partial charge on any atom is -0.381 e. The van der Waals surface area contributed by atoms with Crippen molar-refractivity contribution in [1.29, 1.82) is 0 Å². The molecule has 86 valence electrons. The lowest BCUT2D eigenvalue weighted by atomic mass is 10.0. The Hall–Kier alpha value is -0.870. The number of halogens is 1. The fourth-order valence-corrected chi connectivity index (χ4v) is 2.77. The third kappa shape index (κ3) is 1.76. The van der Waals surface area contributed by atoms with Gasteiger partial charge < -0.3 is 9.64 Å². The van der Waals surface area contributed by atoms with E-state index in [2.05, 4.69) is 14.9 Å². The molecule has 5 heteroatoms. The SMILES string of the molecule is Cc1nc(Cl)cc(N2C[C@H]3COC[C@H]3C2)n1. The second kappa shape index (κ2) is 3.86. The van der Waals surface area contributed by atoms with E-state index in [1.54, 1.807) is 0 Å². The second-order valence-electron chi connectivity index (χ2n) is 4.56. The standard InChI is InChI=1S/C11H14ClN3O/c1-7-13-10(12)2-11(14-7)15-3-8-5-16-6-9(8)4-15/h2,8-9H,3-6H2,1H3/t8-,9+. The Morgan fingerprint density at radius 3 is 2.62 bits per heavy atom. The Morgan fingerprint density at radius 2 is 2.00 bits per heavy atom. The van der Waals surface area contributed by atoms with E-state index in [1.165, 1.54) is 0 Å². The molecule has 2 aliphatic heterocycles. The summed E-state index contributed by atoms with van der Waals surface area (Å²) in [6, 6.07) is 1.84. The lowest BCUT2D eigenvalue weighted by Gasteiger charge is -2.18. The topological polar surface area (TPSA) is 38.2 Å². The minimum atomic E-state index is 0.524. The van der Waals surface area contributed by atoms with Crippen LogP contribution < -0.4 is 4.90 Å². The maximum Gasteiger partial charge on any atom is 0.134 e. The van der Waals surface area contributed by atoms with Crippen LogP contribution >= 0.6 is 11.6 Å². The molecule has 3 rings (SSSR count). The van der Waals surface area contributed by atoms with Crippen molar-refractivity contribution < 1.29 is 4.74 Å². The zero-order chi connectivity index (χ0) is 11.1. The van der Waals surface area contributed by atoms with Gasteiger partial charge in [-0.15, -0.1) is 0 Å².